The Bertz CT molecular complexity index is 1700. The highest BCUT2D eigenvalue weighted by Gasteiger charge is 2.18. The first-order valence-corrected chi connectivity index (χ1v) is 12.7. The maximum atomic E-state index is 6.10. The lowest BCUT2D eigenvalue weighted by Gasteiger charge is -2.11. The summed E-state index contributed by atoms with van der Waals surface area (Å²) in [6.45, 7) is 6.27. The summed E-state index contributed by atoms with van der Waals surface area (Å²) in [5.41, 5.74) is 9.92. The largest absolute Gasteiger partial charge is 0.461 e. The molecule has 3 heteroatoms. The van der Waals surface area contributed by atoms with Crippen LogP contribution in [0.3, 0.4) is 0 Å². The summed E-state index contributed by atoms with van der Waals surface area (Å²) in [5, 5.41) is 5.81. The number of anilines is 2. The molecule has 0 bridgehead atoms. The topological polar surface area (TPSA) is 34.4 Å². The zero-order valence-corrected chi connectivity index (χ0v) is 21.3. The Hall–Kier alpha value is -4.50. The Morgan fingerprint density at radius 3 is 2.22 bits per heavy atom. The first-order valence-electron chi connectivity index (χ1n) is 12.7. The minimum absolute atomic E-state index is 0.863. The van der Waals surface area contributed by atoms with Crippen LogP contribution in [0.25, 0.3) is 38.6 Å². The smallest absolute Gasteiger partial charge is 0.135 e. The van der Waals surface area contributed by atoms with Crippen molar-refractivity contribution in [3.8, 4) is 11.1 Å². The molecular weight excluding hydrogens is 454 g/mol. The van der Waals surface area contributed by atoms with E-state index in [0.29, 0.717) is 0 Å². The fourth-order valence-electron chi connectivity index (χ4n) is 4.90. The van der Waals surface area contributed by atoms with Crippen molar-refractivity contribution in [3.63, 3.8) is 0 Å². The van der Waals surface area contributed by atoms with Gasteiger partial charge in [0.15, 0.2) is 0 Å². The highest BCUT2D eigenvalue weighted by Crippen LogP contribution is 2.35. The van der Waals surface area contributed by atoms with Gasteiger partial charge in [0.2, 0.25) is 0 Å². The van der Waals surface area contributed by atoms with Gasteiger partial charge in [-0.05, 0) is 97.1 Å². The van der Waals surface area contributed by atoms with Gasteiger partial charge < -0.3 is 14.5 Å². The standard InChI is InChI=1S/C34H29NO2/c1-4-7-31-22(2)20-34(36-31)23(3)24-10-15-27(16-11-24)35-28-17-12-25(13-18-28)26-14-19-33-30(21-26)29-8-5-6-9-32(29)37-33/h4-19,21,35H,20H2,1-3H3/b7-4-,34-23-. The highest BCUT2D eigenvalue weighted by molar-refractivity contribution is 6.06. The van der Waals surface area contributed by atoms with E-state index in [-0.39, 0.29) is 0 Å². The average molecular weight is 484 g/mol. The van der Waals surface area contributed by atoms with Crippen LogP contribution < -0.4 is 5.32 Å². The Morgan fingerprint density at radius 1 is 0.784 bits per heavy atom. The number of rotatable bonds is 5. The molecule has 0 unspecified atom stereocenters. The molecule has 6 rings (SSSR count). The number of nitrogens with one attached hydrogen (secondary N) is 1. The van der Waals surface area contributed by atoms with E-state index in [1.807, 2.05) is 31.2 Å². The third kappa shape index (κ3) is 4.45. The Morgan fingerprint density at radius 2 is 1.46 bits per heavy atom. The van der Waals surface area contributed by atoms with Gasteiger partial charge in [-0.3, -0.25) is 0 Å². The van der Waals surface area contributed by atoms with Gasteiger partial charge >= 0.3 is 0 Å². The number of furan rings is 1. The molecule has 1 N–H and O–H groups in total. The lowest BCUT2D eigenvalue weighted by Crippen LogP contribution is -1.92. The Balaban J connectivity index is 1.17. The van der Waals surface area contributed by atoms with E-state index in [4.69, 9.17) is 9.15 Å². The number of fused-ring (bicyclic) bond motifs is 3. The second kappa shape index (κ2) is 9.51. The number of ether oxygens (including phenoxy) is 1. The molecule has 2 heterocycles. The van der Waals surface area contributed by atoms with Gasteiger partial charge in [0.05, 0.1) is 0 Å². The lowest BCUT2D eigenvalue weighted by molar-refractivity contribution is 0.339. The number of benzene rings is 4. The van der Waals surface area contributed by atoms with E-state index < -0.39 is 0 Å². The summed E-state index contributed by atoms with van der Waals surface area (Å²) in [7, 11) is 0. The third-order valence-electron chi connectivity index (χ3n) is 7.02. The molecule has 0 saturated heterocycles. The molecule has 1 aromatic heterocycles. The van der Waals surface area contributed by atoms with Crippen LogP contribution in [0.2, 0.25) is 0 Å². The summed E-state index contributed by atoms with van der Waals surface area (Å²) in [6.07, 6.45) is 4.91. The second-order valence-corrected chi connectivity index (χ2v) is 9.56. The molecule has 182 valence electrons. The van der Waals surface area contributed by atoms with Crippen molar-refractivity contribution >= 4 is 38.9 Å². The maximum absolute atomic E-state index is 6.10. The molecule has 4 aromatic carbocycles. The zero-order valence-electron chi connectivity index (χ0n) is 21.3. The fraction of sp³-hybridized carbons (Fsp3) is 0.118. The molecule has 0 aliphatic carbocycles. The molecule has 1 aliphatic rings. The SMILES string of the molecule is C/C=C\C1=C(C)C/C(=C(\C)c2ccc(Nc3ccc(-c4ccc5oc6ccccc6c5c4)cc3)cc2)O1. The van der Waals surface area contributed by atoms with Crippen molar-refractivity contribution in [2.75, 3.05) is 5.32 Å². The number of hydrogen-bond acceptors (Lipinski definition) is 3. The Kier molecular flexibility index (Phi) is 5.90. The van der Waals surface area contributed by atoms with E-state index >= 15 is 0 Å². The summed E-state index contributed by atoms with van der Waals surface area (Å²) in [5.74, 6) is 2.00. The summed E-state index contributed by atoms with van der Waals surface area (Å²) in [4.78, 5) is 0. The molecule has 0 spiro atoms. The second-order valence-electron chi connectivity index (χ2n) is 9.56. The van der Waals surface area contributed by atoms with E-state index in [9.17, 15) is 0 Å². The third-order valence-corrected chi connectivity index (χ3v) is 7.02. The first kappa shape index (κ1) is 22.9. The average Bonchev–Trinajstić information content (AvgIpc) is 3.49. The van der Waals surface area contributed by atoms with Gasteiger partial charge in [0.1, 0.15) is 22.7 Å². The molecular formula is C34H29NO2. The van der Waals surface area contributed by atoms with Crippen LogP contribution in [0.1, 0.15) is 32.8 Å². The van der Waals surface area contributed by atoms with Gasteiger partial charge in [0, 0.05) is 28.6 Å². The molecule has 5 aromatic rings. The fourth-order valence-corrected chi connectivity index (χ4v) is 4.90. The molecule has 0 atom stereocenters. The van der Waals surface area contributed by atoms with Crippen LogP contribution in [-0.2, 0) is 4.74 Å². The van der Waals surface area contributed by atoms with Crippen molar-refractivity contribution in [1.82, 2.24) is 0 Å². The van der Waals surface area contributed by atoms with Crippen LogP contribution >= 0.6 is 0 Å². The number of allylic oxidation sites excluding steroid dienone is 4. The van der Waals surface area contributed by atoms with Gasteiger partial charge in [-0.2, -0.15) is 0 Å². The van der Waals surface area contributed by atoms with E-state index in [0.717, 1.165) is 51.3 Å². The predicted octanol–water partition coefficient (Wildman–Crippen LogP) is 10.00. The van der Waals surface area contributed by atoms with Crippen LogP contribution in [0.15, 0.2) is 125 Å². The predicted molar refractivity (Wildman–Crippen MR) is 155 cm³/mol. The van der Waals surface area contributed by atoms with Crippen molar-refractivity contribution in [1.29, 1.82) is 0 Å². The van der Waals surface area contributed by atoms with Gasteiger partial charge in [-0.1, -0.05) is 54.6 Å². The minimum Gasteiger partial charge on any atom is -0.461 e. The van der Waals surface area contributed by atoms with Gasteiger partial charge in [0.25, 0.3) is 0 Å². The highest BCUT2D eigenvalue weighted by atomic mass is 16.5. The quantitative estimate of drug-likeness (QED) is 0.270. The van der Waals surface area contributed by atoms with Crippen molar-refractivity contribution in [2.24, 2.45) is 0 Å². The number of hydrogen-bond donors (Lipinski definition) is 1. The normalized spacial score (nSPS) is 15.1. The first-order chi connectivity index (χ1) is 18.1. The van der Waals surface area contributed by atoms with Gasteiger partial charge in [-0.15, -0.1) is 0 Å². The number of para-hydroxylation sites is 1. The van der Waals surface area contributed by atoms with Crippen LogP contribution in [0.5, 0.6) is 0 Å². The van der Waals surface area contributed by atoms with E-state index in [1.54, 1.807) is 0 Å². The van der Waals surface area contributed by atoms with Crippen molar-refractivity contribution in [3.05, 3.63) is 126 Å². The summed E-state index contributed by atoms with van der Waals surface area (Å²) in [6, 6.07) is 31.7. The molecule has 1 aliphatic heterocycles. The lowest BCUT2D eigenvalue weighted by atomic mass is 10.0. The Labute approximate surface area is 217 Å². The van der Waals surface area contributed by atoms with Gasteiger partial charge in [-0.25, -0.2) is 0 Å². The molecule has 0 radical (unpaired) electrons. The molecule has 0 fully saturated rings. The monoisotopic (exact) mass is 483 g/mol. The minimum atomic E-state index is 0.863. The molecule has 37 heavy (non-hydrogen) atoms. The van der Waals surface area contributed by atoms with E-state index in [1.165, 1.54) is 27.8 Å². The molecule has 0 amide bonds. The molecule has 3 nitrogen and oxygen atoms in total. The zero-order chi connectivity index (χ0) is 25.4. The summed E-state index contributed by atoms with van der Waals surface area (Å²) >= 11 is 0. The molecule has 0 saturated carbocycles. The van der Waals surface area contributed by atoms with Crippen molar-refractivity contribution in [2.45, 2.75) is 27.2 Å². The maximum Gasteiger partial charge on any atom is 0.135 e. The van der Waals surface area contributed by atoms with Crippen molar-refractivity contribution < 1.29 is 9.15 Å². The van der Waals surface area contributed by atoms with Crippen LogP contribution in [-0.4, -0.2) is 0 Å². The van der Waals surface area contributed by atoms with Crippen LogP contribution in [0.4, 0.5) is 11.4 Å². The van der Waals surface area contributed by atoms with E-state index in [2.05, 4.69) is 98.0 Å². The van der Waals surface area contributed by atoms with Crippen LogP contribution in [0, 0.1) is 0 Å². The summed E-state index contributed by atoms with van der Waals surface area (Å²) < 4.78 is 12.1.